The molecule has 0 aliphatic carbocycles. The summed E-state index contributed by atoms with van der Waals surface area (Å²) in [6.07, 6.45) is 0.527. The topological polar surface area (TPSA) is 75.3 Å². The molecular weight excluding hydrogens is 422 g/mol. The van der Waals surface area contributed by atoms with Gasteiger partial charge in [-0.1, -0.05) is 48.0 Å². The van der Waals surface area contributed by atoms with E-state index in [9.17, 15) is 9.59 Å². The first kappa shape index (κ1) is 21.8. The normalized spacial score (nSPS) is 11.0. The Balaban J connectivity index is 1.64. The smallest absolute Gasteiger partial charge is 0.264 e. The highest BCUT2D eigenvalue weighted by molar-refractivity contribution is 7.20. The monoisotopic (exact) mass is 447 g/mol. The van der Waals surface area contributed by atoms with Crippen LogP contribution >= 0.6 is 11.3 Å². The van der Waals surface area contributed by atoms with Crippen molar-refractivity contribution in [2.45, 2.75) is 26.8 Å². The van der Waals surface area contributed by atoms with E-state index in [-0.39, 0.29) is 11.5 Å². The van der Waals surface area contributed by atoms with Crippen LogP contribution < -0.4 is 10.3 Å². The summed E-state index contributed by atoms with van der Waals surface area (Å²) in [5, 5.41) is 0.483. The number of aryl methyl sites for hydroxylation is 2. The third-order valence-corrected chi connectivity index (χ3v) is 6.62. The molecular formula is C25H25N3O3S. The highest BCUT2D eigenvalue weighted by Gasteiger charge is 2.22. The van der Waals surface area contributed by atoms with Crippen LogP contribution in [0.5, 0.6) is 5.75 Å². The average molecular weight is 448 g/mol. The SMILES string of the molecule is COc1ccc(C)cc1CN(C)C(=O)c1sc2nc(Cc3ccccc3)[nH]c(=O)c2c1C. The van der Waals surface area contributed by atoms with Gasteiger partial charge in [0, 0.05) is 25.6 Å². The zero-order chi connectivity index (χ0) is 22.8. The Morgan fingerprint density at radius 3 is 2.62 bits per heavy atom. The number of H-pyrrole nitrogens is 1. The number of aromatic amines is 1. The van der Waals surface area contributed by atoms with Crippen LogP contribution in [0.1, 0.15) is 37.7 Å². The molecule has 0 aliphatic rings. The van der Waals surface area contributed by atoms with Gasteiger partial charge in [0.25, 0.3) is 11.5 Å². The third-order valence-electron chi connectivity index (χ3n) is 5.45. The van der Waals surface area contributed by atoms with Gasteiger partial charge < -0.3 is 14.6 Å². The number of fused-ring (bicyclic) bond motifs is 1. The average Bonchev–Trinajstić information content (AvgIpc) is 3.10. The first-order valence-electron chi connectivity index (χ1n) is 10.3. The Labute approximate surface area is 190 Å². The van der Waals surface area contributed by atoms with Crippen molar-refractivity contribution >= 4 is 27.5 Å². The first-order chi connectivity index (χ1) is 15.4. The standard InChI is InChI=1S/C25H25N3O3S/c1-15-10-11-19(31-4)18(12-15)14-28(3)25(30)22-16(2)21-23(29)26-20(27-24(21)32-22)13-17-8-6-5-7-9-17/h5-12H,13-14H2,1-4H3,(H,26,27,29). The molecule has 0 saturated carbocycles. The Bertz CT molecular complexity index is 1340. The number of nitrogens with one attached hydrogen (secondary N) is 1. The summed E-state index contributed by atoms with van der Waals surface area (Å²) in [6.45, 7) is 4.22. The molecule has 1 amide bonds. The Morgan fingerprint density at radius 1 is 1.16 bits per heavy atom. The van der Waals surface area contributed by atoms with Crippen molar-refractivity contribution in [3.05, 3.63) is 91.8 Å². The second kappa shape index (κ2) is 8.96. The lowest BCUT2D eigenvalue weighted by atomic mass is 10.1. The lowest BCUT2D eigenvalue weighted by Gasteiger charge is -2.19. The Morgan fingerprint density at radius 2 is 1.91 bits per heavy atom. The van der Waals surface area contributed by atoms with Gasteiger partial charge in [0.2, 0.25) is 0 Å². The van der Waals surface area contributed by atoms with Gasteiger partial charge in [-0.15, -0.1) is 11.3 Å². The molecule has 0 bridgehead atoms. The van der Waals surface area contributed by atoms with Gasteiger partial charge in [0.1, 0.15) is 16.4 Å². The van der Waals surface area contributed by atoms with Crippen LogP contribution in [0.15, 0.2) is 53.3 Å². The van der Waals surface area contributed by atoms with E-state index in [2.05, 4.69) is 9.97 Å². The summed E-state index contributed by atoms with van der Waals surface area (Å²) < 4.78 is 5.45. The molecule has 0 spiro atoms. The summed E-state index contributed by atoms with van der Waals surface area (Å²) in [5.74, 6) is 1.19. The quantitative estimate of drug-likeness (QED) is 0.473. The molecule has 0 fully saturated rings. The van der Waals surface area contributed by atoms with E-state index in [0.29, 0.717) is 39.4 Å². The lowest BCUT2D eigenvalue weighted by Crippen LogP contribution is -2.26. The number of methoxy groups -OCH3 is 1. The van der Waals surface area contributed by atoms with E-state index >= 15 is 0 Å². The van der Waals surface area contributed by atoms with Gasteiger partial charge in [-0.3, -0.25) is 9.59 Å². The highest BCUT2D eigenvalue weighted by Crippen LogP contribution is 2.29. The van der Waals surface area contributed by atoms with Crippen LogP contribution in [0.2, 0.25) is 0 Å². The number of aromatic nitrogens is 2. The van der Waals surface area contributed by atoms with E-state index in [1.807, 2.05) is 55.5 Å². The van der Waals surface area contributed by atoms with Crippen molar-refractivity contribution in [2.24, 2.45) is 0 Å². The molecule has 164 valence electrons. The maximum absolute atomic E-state index is 13.3. The highest BCUT2D eigenvalue weighted by atomic mass is 32.1. The molecule has 4 aromatic rings. The van der Waals surface area contributed by atoms with E-state index in [1.165, 1.54) is 11.3 Å². The zero-order valence-corrected chi connectivity index (χ0v) is 19.4. The molecule has 2 aromatic heterocycles. The van der Waals surface area contributed by atoms with Gasteiger partial charge in [-0.2, -0.15) is 0 Å². The van der Waals surface area contributed by atoms with Crippen molar-refractivity contribution in [2.75, 3.05) is 14.2 Å². The molecule has 4 rings (SSSR count). The number of hydrogen-bond acceptors (Lipinski definition) is 5. The number of carbonyl (C=O) groups excluding carboxylic acids is 1. The van der Waals surface area contributed by atoms with E-state index in [1.54, 1.807) is 26.0 Å². The van der Waals surface area contributed by atoms with Gasteiger partial charge in [0.05, 0.1) is 17.4 Å². The number of ether oxygens (including phenoxy) is 1. The molecule has 7 heteroatoms. The molecule has 0 aliphatic heterocycles. The molecule has 2 heterocycles. The molecule has 0 saturated heterocycles. The molecule has 2 aromatic carbocycles. The molecule has 0 unspecified atom stereocenters. The summed E-state index contributed by atoms with van der Waals surface area (Å²) in [5.41, 5.74) is 3.55. The second-order valence-electron chi connectivity index (χ2n) is 7.89. The summed E-state index contributed by atoms with van der Waals surface area (Å²) in [7, 11) is 3.38. The number of benzene rings is 2. The molecule has 32 heavy (non-hydrogen) atoms. The van der Waals surface area contributed by atoms with Crippen molar-refractivity contribution in [1.29, 1.82) is 0 Å². The lowest BCUT2D eigenvalue weighted by molar-refractivity contribution is 0.0788. The maximum atomic E-state index is 13.3. The molecule has 0 radical (unpaired) electrons. The summed E-state index contributed by atoms with van der Waals surface area (Å²) >= 11 is 1.27. The van der Waals surface area contributed by atoms with Gasteiger partial charge >= 0.3 is 0 Å². The fourth-order valence-corrected chi connectivity index (χ4v) is 4.99. The zero-order valence-electron chi connectivity index (χ0n) is 18.6. The van der Waals surface area contributed by atoms with Gasteiger partial charge in [-0.25, -0.2) is 4.98 Å². The number of thiophene rings is 1. The largest absolute Gasteiger partial charge is 0.496 e. The van der Waals surface area contributed by atoms with Crippen molar-refractivity contribution < 1.29 is 9.53 Å². The minimum atomic E-state index is -0.211. The number of nitrogens with zero attached hydrogens (tertiary/aromatic N) is 2. The first-order valence-corrected chi connectivity index (χ1v) is 11.1. The van der Waals surface area contributed by atoms with Crippen LogP contribution in [-0.4, -0.2) is 34.9 Å². The fourth-order valence-electron chi connectivity index (χ4n) is 3.80. The number of amides is 1. The van der Waals surface area contributed by atoms with Crippen molar-refractivity contribution in [3.8, 4) is 5.75 Å². The van der Waals surface area contributed by atoms with Crippen LogP contribution in [0.4, 0.5) is 0 Å². The maximum Gasteiger partial charge on any atom is 0.264 e. The van der Waals surface area contributed by atoms with Crippen molar-refractivity contribution in [3.63, 3.8) is 0 Å². The second-order valence-corrected chi connectivity index (χ2v) is 8.89. The van der Waals surface area contributed by atoms with Gasteiger partial charge in [0.15, 0.2) is 0 Å². The fraction of sp³-hybridized carbons (Fsp3) is 0.240. The molecule has 6 nitrogen and oxygen atoms in total. The van der Waals surface area contributed by atoms with E-state index < -0.39 is 0 Å². The minimum Gasteiger partial charge on any atom is -0.496 e. The van der Waals surface area contributed by atoms with Crippen LogP contribution in [0.25, 0.3) is 10.2 Å². The number of carbonyl (C=O) groups is 1. The molecule has 0 atom stereocenters. The van der Waals surface area contributed by atoms with Crippen LogP contribution in [-0.2, 0) is 13.0 Å². The van der Waals surface area contributed by atoms with E-state index in [4.69, 9.17) is 4.74 Å². The van der Waals surface area contributed by atoms with E-state index in [0.717, 1.165) is 22.4 Å². The number of hydrogen-bond donors (Lipinski definition) is 1. The molecule has 1 N–H and O–H groups in total. The predicted molar refractivity (Wildman–Crippen MR) is 128 cm³/mol. The Hall–Kier alpha value is -3.45. The summed E-state index contributed by atoms with van der Waals surface area (Å²) in [4.78, 5) is 36.4. The minimum absolute atomic E-state index is 0.141. The van der Waals surface area contributed by atoms with Gasteiger partial charge in [-0.05, 0) is 31.0 Å². The Kier molecular flexibility index (Phi) is 6.10. The van der Waals surface area contributed by atoms with Crippen LogP contribution in [0.3, 0.4) is 0 Å². The summed E-state index contributed by atoms with van der Waals surface area (Å²) in [6, 6.07) is 15.8. The van der Waals surface area contributed by atoms with Crippen molar-refractivity contribution in [1.82, 2.24) is 14.9 Å². The predicted octanol–water partition coefficient (Wildman–Crippen LogP) is 4.47. The number of rotatable bonds is 6. The third kappa shape index (κ3) is 4.29. The van der Waals surface area contributed by atoms with Crippen LogP contribution in [0, 0.1) is 13.8 Å².